The van der Waals surface area contributed by atoms with Crippen LogP contribution in [-0.2, 0) is 13.5 Å². The highest BCUT2D eigenvalue weighted by Crippen LogP contribution is 2.24. The van der Waals surface area contributed by atoms with Gasteiger partial charge >= 0.3 is 0 Å². The van der Waals surface area contributed by atoms with E-state index < -0.39 is 5.82 Å². The van der Waals surface area contributed by atoms with Crippen LogP contribution in [0.15, 0.2) is 24.4 Å². The number of nitrogens with zero attached hydrogens (tertiary/aromatic N) is 2. The zero-order chi connectivity index (χ0) is 13.1. The maximum Gasteiger partial charge on any atom is 0.141 e. The first-order chi connectivity index (χ1) is 8.61. The minimum Gasteiger partial charge on any atom is -0.337 e. The molecule has 0 atom stereocenters. The summed E-state index contributed by atoms with van der Waals surface area (Å²) in [7, 11) is 3.86. The molecule has 3 nitrogen and oxygen atoms in total. The molecule has 0 unspecified atom stereocenters. The van der Waals surface area contributed by atoms with Crippen molar-refractivity contribution in [2.45, 2.75) is 6.42 Å². The first-order valence-electron chi connectivity index (χ1n) is 5.74. The lowest BCUT2D eigenvalue weighted by molar-refractivity contribution is 0.628. The Kier molecular flexibility index (Phi) is 3.99. The van der Waals surface area contributed by atoms with Crippen molar-refractivity contribution in [2.75, 3.05) is 13.6 Å². The summed E-state index contributed by atoms with van der Waals surface area (Å²) in [4.78, 5) is 4.53. The number of aryl methyl sites for hydroxylation is 1. The van der Waals surface area contributed by atoms with E-state index in [4.69, 9.17) is 11.6 Å². The van der Waals surface area contributed by atoms with E-state index in [0.717, 1.165) is 30.0 Å². The number of rotatable bonds is 4. The molecule has 0 aliphatic carbocycles. The molecule has 0 spiro atoms. The molecule has 0 bridgehead atoms. The molecule has 0 saturated carbocycles. The second kappa shape index (κ2) is 5.50. The van der Waals surface area contributed by atoms with Crippen LogP contribution in [0.3, 0.4) is 0 Å². The zero-order valence-corrected chi connectivity index (χ0v) is 11.1. The van der Waals surface area contributed by atoms with Crippen LogP contribution < -0.4 is 5.32 Å². The van der Waals surface area contributed by atoms with Crippen molar-refractivity contribution >= 4 is 11.6 Å². The Hall–Kier alpha value is -1.39. The van der Waals surface area contributed by atoms with Crippen molar-refractivity contribution in [3.05, 3.63) is 41.1 Å². The van der Waals surface area contributed by atoms with Crippen molar-refractivity contribution in [1.82, 2.24) is 14.9 Å². The second-order valence-corrected chi connectivity index (χ2v) is 4.54. The molecule has 18 heavy (non-hydrogen) atoms. The molecule has 1 aromatic heterocycles. The van der Waals surface area contributed by atoms with Crippen molar-refractivity contribution in [2.24, 2.45) is 7.05 Å². The van der Waals surface area contributed by atoms with E-state index in [0.29, 0.717) is 0 Å². The Bertz CT molecular complexity index is 551. The molecule has 5 heteroatoms. The molecule has 1 aromatic carbocycles. The van der Waals surface area contributed by atoms with Gasteiger partial charge in [-0.3, -0.25) is 0 Å². The fourth-order valence-corrected chi connectivity index (χ4v) is 1.95. The Labute approximate surface area is 111 Å². The van der Waals surface area contributed by atoms with Gasteiger partial charge in [0.1, 0.15) is 11.6 Å². The van der Waals surface area contributed by atoms with E-state index in [-0.39, 0.29) is 5.02 Å². The minimum absolute atomic E-state index is 0.120. The molecule has 2 rings (SSSR count). The quantitative estimate of drug-likeness (QED) is 0.923. The number of likely N-dealkylation sites (N-methyl/N-ethyl adjacent to an activating group) is 1. The molecular formula is C13H15ClFN3. The summed E-state index contributed by atoms with van der Waals surface area (Å²) in [6, 6.07) is 4.64. The number of nitrogens with one attached hydrogen (secondary N) is 1. The van der Waals surface area contributed by atoms with Crippen LogP contribution in [0.1, 0.15) is 5.82 Å². The van der Waals surface area contributed by atoms with Gasteiger partial charge in [0.15, 0.2) is 0 Å². The monoisotopic (exact) mass is 267 g/mol. The third-order valence-electron chi connectivity index (χ3n) is 2.79. The first-order valence-corrected chi connectivity index (χ1v) is 6.12. The Morgan fingerprint density at radius 3 is 2.89 bits per heavy atom. The van der Waals surface area contributed by atoms with Crippen LogP contribution in [0.2, 0.25) is 5.02 Å². The van der Waals surface area contributed by atoms with Gasteiger partial charge in [0.2, 0.25) is 0 Å². The lowest BCUT2D eigenvalue weighted by atomic mass is 10.2. The normalized spacial score (nSPS) is 10.9. The fourth-order valence-electron chi connectivity index (χ4n) is 1.77. The summed E-state index contributed by atoms with van der Waals surface area (Å²) in [6.45, 7) is 0.870. The number of hydrogen-bond donors (Lipinski definition) is 1. The van der Waals surface area contributed by atoms with Gasteiger partial charge in [0.05, 0.1) is 10.7 Å². The van der Waals surface area contributed by atoms with Crippen LogP contribution >= 0.6 is 11.6 Å². The van der Waals surface area contributed by atoms with Crippen LogP contribution in [0.4, 0.5) is 4.39 Å². The molecule has 0 aliphatic rings. The zero-order valence-electron chi connectivity index (χ0n) is 10.4. The van der Waals surface area contributed by atoms with Gasteiger partial charge < -0.3 is 9.88 Å². The number of hydrogen-bond acceptors (Lipinski definition) is 2. The minimum atomic E-state index is -0.410. The Morgan fingerprint density at radius 1 is 1.44 bits per heavy atom. The van der Waals surface area contributed by atoms with Crippen molar-refractivity contribution < 1.29 is 4.39 Å². The summed E-state index contributed by atoms with van der Waals surface area (Å²) in [6.07, 6.45) is 2.77. The highest BCUT2D eigenvalue weighted by Gasteiger charge is 2.09. The van der Waals surface area contributed by atoms with Crippen molar-refractivity contribution in [1.29, 1.82) is 0 Å². The predicted molar refractivity (Wildman–Crippen MR) is 71.2 cm³/mol. The molecule has 2 aromatic rings. The summed E-state index contributed by atoms with van der Waals surface area (Å²) >= 11 is 5.77. The highest BCUT2D eigenvalue weighted by molar-refractivity contribution is 6.31. The van der Waals surface area contributed by atoms with Gasteiger partial charge in [-0.25, -0.2) is 9.37 Å². The van der Waals surface area contributed by atoms with Crippen molar-refractivity contribution in [3.63, 3.8) is 0 Å². The molecular weight excluding hydrogens is 253 g/mol. The predicted octanol–water partition coefficient (Wildman–Crippen LogP) is 2.64. The molecule has 1 N–H and O–H groups in total. The molecule has 0 aliphatic heterocycles. The van der Waals surface area contributed by atoms with Crippen molar-refractivity contribution in [3.8, 4) is 11.3 Å². The Balaban J connectivity index is 2.30. The summed E-state index contributed by atoms with van der Waals surface area (Å²) < 4.78 is 15.1. The topological polar surface area (TPSA) is 29.9 Å². The van der Waals surface area contributed by atoms with E-state index in [1.165, 1.54) is 6.07 Å². The maximum absolute atomic E-state index is 13.1. The van der Waals surface area contributed by atoms with Gasteiger partial charge in [0, 0.05) is 31.8 Å². The fraction of sp³-hybridized carbons (Fsp3) is 0.308. The largest absolute Gasteiger partial charge is 0.337 e. The third-order valence-corrected chi connectivity index (χ3v) is 3.08. The lowest BCUT2D eigenvalue weighted by Crippen LogP contribution is -2.12. The number of benzene rings is 1. The van der Waals surface area contributed by atoms with E-state index in [9.17, 15) is 4.39 Å². The molecule has 0 saturated heterocycles. The van der Waals surface area contributed by atoms with Gasteiger partial charge in [-0.15, -0.1) is 0 Å². The summed E-state index contributed by atoms with van der Waals surface area (Å²) in [5.74, 6) is 0.576. The van der Waals surface area contributed by atoms with E-state index in [2.05, 4.69) is 10.3 Å². The Morgan fingerprint density at radius 2 is 2.22 bits per heavy atom. The molecule has 1 heterocycles. The SMILES string of the molecule is CNCCc1nc(-c2ccc(F)c(Cl)c2)cn1C. The number of aromatic nitrogens is 2. The second-order valence-electron chi connectivity index (χ2n) is 4.14. The molecule has 0 amide bonds. The molecule has 0 fully saturated rings. The average molecular weight is 268 g/mol. The van der Waals surface area contributed by atoms with Gasteiger partial charge in [-0.1, -0.05) is 11.6 Å². The van der Waals surface area contributed by atoms with Gasteiger partial charge in [0.25, 0.3) is 0 Å². The maximum atomic E-state index is 13.1. The van der Waals surface area contributed by atoms with Crippen LogP contribution in [-0.4, -0.2) is 23.1 Å². The van der Waals surface area contributed by atoms with Gasteiger partial charge in [-0.2, -0.15) is 0 Å². The third kappa shape index (κ3) is 2.71. The highest BCUT2D eigenvalue weighted by atomic mass is 35.5. The van der Waals surface area contributed by atoms with E-state index in [1.54, 1.807) is 12.1 Å². The van der Waals surface area contributed by atoms with E-state index >= 15 is 0 Å². The van der Waals surface area contributed by atoms with Crippen LogP contribution in [0, 0.1) is 5.82 Å². The molecule has 96 valence electrons. The summed E-state index contributed by atoms with van der Waals surface area (Å²) in [5, 5.41) is 3.21. The smallest absolute Gasteiger partial charge is 0.141 e. The van der Waals surface area contributed by atoms with E-state index in [1.807, 2.05) is 24.9 Å². The van der Waals surface area contributed by atoms with Crippen LogP contribution in [0.5, 0.6) is 0 Å². The lowest BCUT2D eigenvalue weighted by Gasteiger charge is -1.99. The average Bonchev–Trinajstić information content (AvgIpc) is 2.72. The number of imidazole rings is 1. The first kappa shape index (κ1) is 13.1. The summed E-state index contributed by atoms with van der Waals surface area (Å²) in [5.41, 5.74) is 1.64. The number of halogens is 2. The molecule has 0 radical (unpaired) electrons. The standard InChI is InChI=1S/C13H15ClFN3/c1-16-6-5-13-17-12(8-18(13)2)9-3-4-11(15)10(14)7-9/h3-4,7-8,16H,5-6H2,1-2H3. The van der Waals surface area contributed by atoms with Gasteiger partial charge in [-0.05, 0) is 25.2 Å². The van der Waals surface area contributed by atoms with Crippen LogP contribution in [0.25, 0.3) is 11.3 Å².